The lowest BCUT2D eigenvalue weighted by atomic mass is 9.80. The molecule has 0 amide bonds. The number of ether oxygens (including phenoxy) is 1. The number of benzene rings is 1. The van der Waals surface area contributed by atoms with Crippen molar-refractivity contribution in [2.75, 3.05) is 6.61 Å². The van der Waals surface area contributed by atoms with Crippen LogP contribution in [0.5, 0.6) is 0 Å². The van der Waals surface area contributed by atoms with Crippen molar-refractivity contribution in [3.05, 3.63) is 35.9 Å². The number of carbonyl (C=O) groups is 1. The second kappa shape index (κ2) is 5.53. The van der Waals surface area contributed by atoms with Gasteiger partial charge in [-0.25, -0.2) is 4.79 Å². The zero-order valence-electron chi connectivity index (χ0n) is 10.8. The van der Waals surface area contributed by atoms with Crippen molar-refractivity contribution in [3.8, 4) is 0 Å². The number of hydrogen-bond acceptors (Lipinski definition) is 3. The van der Waals surface area contributed by atoms with Gasteiger partial charge >= 0.3 is 5.97 Å². The normalized spacial score (nSPS) is 19.4. The van der Waals surface area contributed by atoms with Crippen molar-refractivity contribution < 1.29 is 14.6 Å². The molecule has 1 N–H and O–H groups in total. The summed E-state index contributed by atoms with van der Waals surface area (Å²) >= 11 is 0. The van der Waals surface area contributed by atoms with E-state index in [4.69, 9.17) is 4.74 Å². The molecule has 1 aliphatic carbocycles. The van der Waals surface area contributed by atoms with Gasteiger partial charge in [0.25, 0.3) is 0 Å². The van der Waals surface area contributed by atoms with Crippen LogP contribution in [0.15, 0.2) is 30.3 Å². The monoisotopic (exact) mass is 248 g/mol. The van der Waals surface area contributed by atoms with E-state index in [1.807, 2.05) is 18.2 Å². The molecule has 1 saturated carbocycles. The highest BCUT2D eigenvalue weighted by Gasteiger charge is 2.47. The van der Waals surface area contributed by atoms with E-state index >= 15 is 0 Å². The van der Waals surface area contributed by atoms with Crippen LogP contribution < -0.4 is 0 Å². The molecule has 1 aromatic carbocycles. The van der Waals surface area contributed by atoms with Gasteiger partial charge in [-0.05, 0) is 25.3 Å². The smallest absolute Gasteiger partial charge is 0.343 e. The number of hydrogen-bond donors (Lipinski definition) is 1. The zero-order chi connectivity index (χ0) is 13.0. The SMILES string of the molecule is CCOC(=O)[C@@](O)(c1ccccc1)C1CCCC1. The third kappa shape index (κ3) is 2.27. The quantitative estimate of drug-likeness (QED) is 0.833. The minimum Gasteiger partial charge on any atom is -0.464 e. The van der Waals surface area contributed by atoms with Crippen LogP contribution in [0.2, 0.25) is 0 Å². The van der Waals surface area contributed by atoms with Gasteiger partial charge in [0, 0.05) is 5.92 Å². The van der Waals surface area contributed by atoms with E-state index in [1.165, 1.54) is 0 Å². The molecule has 3 nitrogen and oxygen atoms in total. The van der Waals surface area contributed by atoms with Crippen LogP contribution in [0.25, 0.3) is 0 Å². The summed E-state index contributed by atoms with van der Waals surface area (Å²) in [5.74, 6) is -0.540. The van der Waals surface area contributed by atoms with E-state index in [0.717, 1.165) is 25.7 Å². The van der Waals surface area contributed by atoms with Gasteiger partial charge in [0.15, 0.2) is 5.60 Å². The molecule has 1 aromatic rings. The molecular formula is C15H20O3. The molecule has 0 aromatic heterocycles. The van der Waals surface area contributed by atoms with Crippen LogP contribution in [0.3, 0.4) is 0 Å². The Morgan fingerprint density at radius 3 is 2.50 bits per heavy atom. The van der Waals surface area contributed by atoms with Crippen LogP contribution in [-0.4, -0.2) is 17.7 Å². The maximum absolute atomic E-state index is 12.2. The van der Waals surface area contributed by atoms with Crippen molar-refractivity contribution in [2.24, 2.45) is 5.92 Å². The first-order chi connectivity index (χ1) is 8.69. The Labute approximate surface area is 108 Å². The molecule has 0 bridgehead atoms. The average molecular weight is 248 g/mol. The summed E-state index contributed by atoms with van der Waals surface area (Å²) < 4.78 is 5.08. The Kier molecular flexibility index (Phi) is 4.02. The highest BCUT2D eigenvalue weighted by atomic mass is 16.5. The molecule has 2 rings (SSSR count). The van der Waals surface area contributed by atoms with Gasteiger partial charge in [-0.2, -0.15) is 0 Å². The molecule has 3 heteroatoms. The van der Waals surface area contributed by atoms with Gasteiger partial charge in [0.2, 0.25) is 0 Å². The molecule has 0 radical (unpaired) electrons. The van der Waals surface area contributed by atoms with E-state index in [0.29, 0.717) is 12.2 Å². The minimum atomic E-state index is -1.48. The van der Waals surface area contributed by atoms with E-state index < -0.39 is 11.6 Å². The van der Waals surface area contributed by atoms with Crippen LogP contribution in [-0.2, 0) is 15.1 Å². The Morgan fingerprint density at radius 1 is 1.33 bits per heavy atom. The van der Waals surface area contributed by atoms with Crippen molar-refractivity contribution in [1.29, 1.82) is 0 Å². The Balaban J connectivity index is 2.35. The van der Waals surface area contributed by atoms with Crippen molar-refractivity contribution in [3.63, 3.8) is 0 Å². The lowest BCUT2D eigenvalue weighted by Gasteiger charge is -2.32. The zero-order valence-corrected chi connectivity index (χ0v) is 10.8. The molecule has 18 heavy (non-hydrogen) atoms. The second-order valence-corrected chi connectivity index (χ2v) is 4.83. The number of aliphatic hydroxyl groups is 1. The molecule has 0 heterocycles. The first-order valence-electron chi connectivity index (χ1n) is 6.64. The molecule has 0 unspecified atom stereocenters. The number of carbonyl (C=O) groups excluding carboxylic acids is 1. The van der Waals surface area contributed by atoms with E-state index in [1.54, 1.807) is 19.1 Å². The summed E-state index contributed by atoms with van der Waals surface area (Å²) in [4.78, 5) is 12.2. The van der Waals surface area contributed by atoms with Crippen LogP contribution in [0, 0.1) is 5.92 Å². The first kappa shape index (κ1) is 13.1. The van der Waals surface area contributed by atoms with Gasteiger partial charge in [0.1, 0.15) is 0 Å². The maximum Gasteiger partial charge on any atom is 0.343 e. The molecule has 0 spiro atoms. The van der Waals surface area contributed by atoms with E-state index in [-0.39, 0.29) is 5.92 Å². The van der Waals surface area contributed by atoms with Crippen LogP contribution in [0.4, 0.5) is 0 Å². The van der Waals surface area contributed by atoms with Gasteiger partial charge < -0.3 is 9.84 Å². The fourth-order valence-corrected chi connectivity index (χ4v) is 2.80. The van der Waals surface area contributed by atoms with E-state index in [9.17, 15) is 9.90 Å². The minimum absolute atomic E-state index is 0.0288. The summed E-state index contributed by atoms with van der Waals surface area (Å²) in [6.07, 6.45) is 3.90. The summed E-state index contributed by atoms with van der Waals surface area (Å²) in [7, 11) is 0. The Hall–Kier alpha value is -1.35. The molecule has 1 atom stereocenters. The molecule has 0 saturated heterocycles. The third-order valence-corrected chi connectivity index (χ3v) is 3.75. The fraction of sp³-hybridized carbons (Fsp3) is 0.533. The molecule has 98 valence electrons. The molecule has 1 fully saturated rings. The second-order valence-electron chi connectivity index (χ2n) is 4.83. The van der Waals surface area contributed by atoms with Gasteiger partial charge in [-0.1, -0.05) is 43.2 Å². The van der Waals surface area contributed by atoms with E-state index in [2.05, 4.69) is 0 Å². The first-order valence-corrected chi connectivity index (χ1v) is 6.64. The number of esters is 1. The third-order valence-electron chi connectivity index (χ3n) is 3.75. The van der Waals surface area contributed by atoms with Gasteiger partial charge in [-0.15, -0.1) is 0 Å². The molecule has 1 aliphatic rings. The summed E-state index contributed by atoms with van der Waals surface area (Å²) in [5.41, 5.74) is -0.830. The highest BCUT2D eigenvalue weighted by Crippen LogP contribution is 2.41. The van der Waals surface area contributed by atoms with Crippen molar-refractivity contribution >= 4 is 5.97 Å². The van der Waals surface area contributed by atoms with Crippen LogP contribution >= 0.6 is 0 Å². The fourth-order valence-electron chi connectivity index (χ4n) is 2.80. The Bertz CT molecular complexity index is 395. The summed E-state index contributed by atoms with van der Waals surface area (Å²) in [6.45, 7) is 2.05. The largest absolute Gasteiger partial charge is 0.464 e. The maximum atomic E-state index is 12.2. The summed E-state index contributed by atoms with van der Waals surface area (Å²) in [5, 5.41) is 10.9. The van der Waals surface area contributed by atoms with Gasteiger partial charge in [0.05, 0.1) is 6.61 Å². The predicted octanol–water partition coefficient (Wildman–Crippen LogP) is 2.63. The standard InChI is InChI=1S/C15H20O3/c1-2-18-14(16)15(17,13-10-6-7-11-13)12-8-4-3-5-9-12/h3-5,8-9,13,17H,2,6-7,10-11H2,1H3/t15-/m1/s1. The van der Waals surface area contributed by atoms with Gasteiger partial charge in [-0.3, -0.25) is 0 Å². The summed E-state index contributed by atoms with van der Waals surface area (Å²) in [6, 6.07) is 9.16. The van der Waals surface area contributed by atoms with Crippen LogP contribution in [0.1, 0.15) is 38.2 Å². The predicted molar refractivity (Wildman–Crippen MR) is 68.9 cm³/mol. The lowest BCUT2D eigenvalue weighted by Crippen LogP contribution is -2.43. The molecule has 0 aliphatic heterocycles. The highest BCUT2D eigenvalue weighted by molar-refractivity contribution is 5.81. The van der Waals surface area contributed by atoms with Crippen molar-refractivity contribution in [2.45, 2.75) is 38.2 Å². The average Bonchev–Trinajstić information content (AvgIpc) is 2.93. The topological polar surface area (TPSA) is 46.5 Å². The molecular weight excluding hydrogens is 228 g/mol. The Morgan fingerprint density at radius 2 is 1.94 bits per heavy atom. The lowest BCUT2D eigenvalue weighted by molar-refractivity contribution is -0.173. The number of rotatable bonds is 4. The van der Waals surface area contributed by atoms with Crippen molar-refractivity contribution in [1.82, 2.24) is 0 Å².